The second kappa shape index (κ2) is 8.51. The van der Waals surface area contributed by atoms with Crippen LogP contribution in [0.1, 0.15) is 37.3 Å². The van der Waals surface area contributed by atoms with Gasteiger partial charge in [-0.25, -0.2) is 8.42 Å². The number of likely N-dealkylation sites (tertiary alicyclic amines) is 1. The summed E-state index contributed by atoms with van der Waals surface area (Å²) in [6.07, 6.45) is 4.15. The Labute approximate surface area is 168 Å². The van der Waals surface area contributed by atoms with Crippen molar-refractivity contribution in [1.82, 2.24) is 14.7 Å². The summed E-state index contributed by atoms with van der Waals surface area (Å²) < 4.78 is 23.6. The molecule has 0 aromatic heterocycles. The van der Waals surface area contributed by atoms with Gasteiger partial charge in [0.15, 0.2) is 9.84 Å². The summed E-state index contributed by atoms with van der Waals surface area (Å²) >= 11 is 0. The Hall–Kier alpha value is -1.44. The zero-order chi connectivity index (χ0) is 19.6. The van der Waals surface area contributed by atoms with Crippen molar-refractivity contribution in [1.29, 1.82) is 0 Å². The standard InChI is InChI=1S/C21H31N3O3S/c25-21(24-10-5-2-6-11-24)20(18-7-3-1-4-8-18)23-14-12-22(13-15-23)19-9-16-28(26,27)17-19/h1,3-4,7-8,19-20H,2,5-6,9-17H2/t19-,20-/m1/s1. The second-order valence-electron chi connectivity index (χ2n) is 8.33. The third-order valence-corrected chi connectivity index (χ3v) is 8.21. The van der Waals surface area contributed by atoms with Crippen LogP contribution >= 0.6 is 0 Å². The Morgan fingerprint density at radius 1 is 0.929 bits per heavy atom. The van der Waals surface area contributed by atoms with Crippen molar-refractivity contribution in [2.45, 2.75) is 37.8 Å². The summed E-state index contributed by atoms with van der Waals surface area (Å²) in [6, 6.07) is 10.0. The molecule has 3 saturated heterocycles. The van der Waals surface area contributed by atoms with Crippen molar-refractivity contribution in [3.8, 4) is 0 Å². The molecular formula is C21H31N3O3S. The maximum absolute atomic E-state index is 13.4. The van der Waals surface area contributed by atoms with Crippen molar-refractivity contribution in [2.24, 2.45) is 0 Å². The van der Waals surface area contributed by atoms with Gasteiger partial charge >= 0.3 is 0 Å². The van der Waals surface area contributed by atoms with Crippen molar-refractivity contribution in [3.05, 3.63) is 35.9 Å². The molecular weight excluding hydrogens is 374 g/mol. The molecule has 0 saturated carbocycles. The van der Waals surface area contributed by atoms with Crippen molar-refractivity contribution < 1.29 is 13.2 Å². The molecule has 0 unspecified atom stereocenters. The number of piperazine rings is 1. The van der Waals surface area contributed by atoms with Gasteiger partial charge in [0.1, 0.15) is 6.04 Å². The van der Waals surface area contributed by atoms with Crippen LogP contribution in [-0.4, -0.2) is 85.8 Å². The van der Waals surface area contributed by atoms with E-state index in [4.69, 9.17) is 0 Å². The van der Waals surface area contributed by atoms with E-state index in [1.165, 1.54) is 6.42 Å². The van der Waals surface area contributed by atoms with E-state index in [-0.39, 0.29) is 18.0 Å². The first-order valence-corrected chi connectivity index (χ1v) is 12.4. The van der Waals surface area contributed by atoms with E-state index in [0.29, 0.717) is 11.5 Å². The zero-order valence-electron chi connectivity index (χ0n) is 16.5. The summed E-state index contributed by atoms with van der Waals surface area (Å²) in [5, 5.41) is 0. The number of amides is 1. The Morgan fingerprint density at radius 3 is 2.21 bits per heavy atom. The minimum Gasteiger partial charge on any atom is -0.341 e. The molecule has 7 heteroatoms. The molecule has 3 fully saturated rings. The summed E-state index contributed by atoms with van der Waals surface area (Å²) in [5.41, 5.74) is 1.06. The van der Waals surface area contributed by atoms with Crippen LogP contribution in [-0.2, 0) is 14.6 Å². The van der Waals surface area contributed by atoms with Crippen LogP contribution in [0.25, 0.3) is 0 Å². The molecule has 6 nitrogen and oxygen atoms in total. The fourth-order valence-electron chi connectivity index (χ4n) is 4.86. The van der Waals surface area contributed by atoms with Crippen LogP contribution in [0.4, 0.5) is 0 Å². The number of nitrogens with zero attached hydrogens (tertiary/aromatic N) is 3. The molecule has 4 rings (SSSR count). The van der Waals surface area contributed by atoms with Gasteiger partial charge in [-0.1, -0.05) is 30.3 Å². The molecule has 3 aliphatic heterocycles. The van der Waals surface area contributed by atoms with E-state index in [2.05, 4.69) is 21.9 Å². The Kier molecular flexibility index (Phi) is 6.04. The Bertz CT molecular complexity index is 769. The van der Waals surface area contributed by atoms with Gasteiger partial charge in [-0.05, 0) is 31.2 Å². The molecule has 0 aliphatic carbocycles. The van der Waals surface area contributed by atoms with Crippen molar-refractivity contribution >= 4 is 15.7 Å². The van der Waals surface area contributed by atoms with Gasteiger partial charge in [0.05, 0.1) is 11.5 Å². The number of carbonyl (C=O) groups excluding carboxylic acids is 1. The van der Waals surface area contributed by atoms with Gasteiger partial charge in [0.25, 0.3) is 0 Å². The first-order valence-electron chi connectivity index (χ1n) is 10.6. The normalized spacial score (nSPS) is 27.6. The molecule has 3 heterocycles. The molecule has 2 atom stereocenters. The van der Waals surface area contributed by atoms with Crippen LogP contribution in [0.2, 0.25) is 0 Å². The highest BCUT2D eigenvalue weighted by Crippen LogP contribution is 2.27. The number of hydrogen-bond donors (Lipinski definition) is 0. The van der Waals surface area contributed by atoms with Crippen LogP contribution in [0.15, 0.2) is 30.3 Å². The van der Waals surface area contributed by atoms with Crippen LogP contribution in [0, 0.1) is 0 Å². The van der Waals surface area contributed by atoms with Crippen LogP contribution < -0.4 is 0 Å². The molecule has 1 amide bonds. The molecule has 28 heavy (non-hydrogen) atoms. The summed E-state index contributed by atoms with van der Waals surface area (Å²) in [5.74, 6) is 0.836. The van der Waals surface area contributed by atoms with Gasteiger partial charge in [0.2, 0.25) is 5.91 Å². The fraction of sp³-hybridized carbons (Fsp3) is 0.667. The second-order valence-corrected chi connectivity index (χ2v) is 10.6. The minimum absolute atomic E-state index is 0.153. The number of benzene rings is 1. The average molecular weight is 406 g/mol. The highest BCUT2D eigenvalue weighted by molar-refractivity contribution is 7.91. The molecule has 0 radical (unpaired) electrons. The number of rotatable bonds is 4. The predicted molar refractivity (Wildman–Crippen MR) is 110 cm³/mol. The van der Waals surface area contributed by atoms with E-state index in [1.807, 2.05) is 23.1 Å². The van der Waals surface area contributed by atoms with Crippen LogP contribution in [0.5, 0.6) is 0 Å². The molecule has 0 spiro atoms. The lowest BCUT2D eigenvalue weighted by molar-refractivity contribution is -0.139. The average Bonchev–Trinajstić information content (AvgIpc) is 3.10. The monoisotopic (exact) mass is 405 g/mol. The van der Waals surface area contributed by atoms with Crippen molar-refractivity contribution in [2.75, 3.05) is 50.8 Å². The summed E-state index contributed by atoms with van der Waals surface area (Å²) in [7, 11) is -2.86. The smallest absolute Gasteiger partial charge is 0.244 e. The lowest BCUT2D eigenvalue weighted by atomic mass is 10.0. The summed E-state index contributed by atoms with van der Waals surface area (Å²) in [4.78, 5) is 20.1. The van der Waals surface area contributed by atoms with Gasteiger partial charge in [-0.15, -0.1) is 0 Å². The maximum atomic E-state index is 13.4. The molecule has 154 valence electrons. The Morgan fingerprint density at radius 2 is 1.61 bits per heavy atom. The van der Waals surface area contributed by atoms with Crippen LogP contribution in [0.3, 0.4) is 0 Å². The minimum atomic E-state index is -2.86. The Balaban J connectivity index is 1.46. The molecule has 0 N–H and O–H groups in total. The fourth-order valence-corrected chi connectivity index (χ4v) is 6.62. The zero-order valence-corrected chi connectivity index (χ0v) is 17.3. The van der Waals surface area contributed by atoms with E-state index in [1.54, 1.807) is 0 Å². The third-order valence-electron chi connectivity index (χ3n) is 6.46. The molecule has 1 aromatic rings. The number of piperidine rings is 1. The van der Waals surface area contributed by atoms with Gasteiger partial charge in [-0.3, -0.25) is 14.6 Å². The topological polar surface area (TPSA) is 60.9 Å². The highest BCUT2D eigenvalue weighted by Gasteiger charge is 2.37. The van der Waals surface area contributed by atoms with E-state index in [0.717, 1.165) is 64.1 Å². The third kappa shape index (κ3) is 4.42. The molecule has 3 aliphatic rings. The number of hydrogen-bond acceptors (Lipinski definition) is 5. The molecule has 0 bridgehead atoms. The van der Waals surface area contributed by atoms with Gasteiger partial charge < -0.3 is 4.90 Å². The lowest BCUT2D eigenvalue weighted by Gasteiger charge is -2.42. The summed E-state index contributed by atoms with van der Waals surface area (Å²) in [6.45, 7) is 4.99. The first kappa shape index (κ1) is 19.9. The maximum Gasteiger partial charge on any atom is 0.244 e. The quantitative estimate of drug-likeness (QED) is 0.761. The van der Waals surface area contributed by atoms with E-state index < -0.39 is 9.84 Å². The van der Waals surface area contributed by atoms with Gasteiger partial charge in [0, 0.05) is 45.3 Å². The largest absolute Gasteiger partial charge is 0.341 e. The van der Waals surface area contributed by atoms with Crippen molar-refractivity contribution in [3.63, 3.8) is 0 Å². The number of carbonyl (C=O) groups is 1. The molecule has 1 aromatic carbocycles. The highest BCUT2D eigenvalue weighted by atomic mass is 32.2. The lowest BCUT2D eigenvalue weighted by Crippen LogP contribution is -2.54. The number of sulfone groups is 1. The predicted octanol–water partition coefficient (Wildman–Crippen LogP) is 1.54. The van der Waals surface area contributed by atoms with E-state index >= 15 is 0 Å². The van der Waals surface area contributed by atoms with Gasteiger partial charge in [-0.2, -0.15) is 0 Å². The SMILES string of the molecule is O=C([C@@H](c1ccccc1)N1CCN([C@@H]2CCS(=O)(=O)C2)CC1)N1CCCCC1. The first-order chi connectivity index (χ1) is 13.5. The van der Waals surface area contributed by atoms with E-state index in [9.17, 15) is 13.2 Å².